The van der Waals surface area contributed by atoms with E-state index in [0.717, 1.165) is 31.0 Å². The molecule has 166 valence electrons. The van der Waals surface area contributed by atoms with Crippen molar-refractivity contribution in [3.05, 3.63) is 17.7 Å². The molecule has 1 aliphatic rings. The number of hydrogen-bond donors (Lipinski definition) is 2. The summed E-state index contributed by atoms with van der Waals surface area (Å²) in [6, 6.07) is 4.57. The van der Waals surface area contributed by atoms with Crippen LogP contribution in [0.4, 0.5) is 0 Å². The van der Waals surface area contributed by atoms with E-state index in [0.29, 0.717) is 29.8 Å². The van der Waals surface area contributed by atoms with Gasteiger partial charge in [0.15, 0.2) is 17.5 Å². The number of benzene rings is 1. The molecule has 1 aromatic rings. The van der Waals surface area contributed by atoms with Crippen LogP contribution in [0.3, 0.4) is 0 Å². The van der Waals surface area contributed by atoms with Gasteiger partial charge >= 0.3 is 0 Å². The van der Waals surface area contributed by atoms with E-state index < -0.39 is 0 Å². The number of halogens is 1. The van der Waals surface area contributed by atoms with Crippen LogP contribution >= 0.6 is 24.0 Å². The highest BCUT2D eigenvalue weighted by molar-refractivity contribution is 14.0. The molecule has 0 amide bonds. The van der Waals surface area contributed by atoms with Gasteiger partial charge in [-0.3, -0.25) is 4.99 Å². The second kappa shape index (κ2) is 13.7. The van der Waals surface area contributed by atoms with Crippen molar-refractivity contribution in [3.63, 3.8) is 0 Å². The molecule has 2 N–H and O–H groups in total. The molecule has 1 saturated heterocycles. The lowest BCUT2D eigenvalue weighted by atomic mass is 10.0. The van der Waals surface area contributed by atoms with E-state index in [4.69, 9.17) is 14.2 Å². The topological polar surface area (TPSA) is 67.4 Å². The molecule has 0 aromatic heterocycles. The number of guanidine groups is 1. The van der Waals surface area contributed by atoms with Gasteiger partial charge in [-0.05, 0) is 44.9 Å². The Bertz CT molecular complexity index is 643. The highest BCUT2D eigenvalue weighted by Crippen LogP contribution is 2.39. The molecule has 0 spiro atoms. The Morgan fingerprint density at radius 1 is 1.10 bits per heavy atom. The fraction of sp³-hybridized carbons (Fsp3) is 0.667. The van der Waals surface area contributed by atoms with Gasteiger partial charge in [-0.25, -0.2) is 0 Å². The van der Waals surface area contributed by atoms with Crippen LogP contribution in [0.1, 0.15) is 38.2 Å². The van der Waals surface area contributed by atoms with Crippen molar-refractivity contribution in [2.45, 2.75) is 45.2 Å². The normalized spacial score (nSPS) is 17.3. The fourth-order valence-corrected chi connectivity index (χ4v) is 3.68. The molecule has 1 atom stereocenters. The molecule has 1 heterocycles. The van der Waals surface area contributed by atoms with Gasteiger partial charge in [-0.1, -0.05) is 6.42 Å². The van der Waals surface area contributed by atoms with E-state index in [-0.39, 0.29) is 24.0 Å². The molecule has 1 unspecified atom stereocenters. The van der Waals surface area contributed by atoms with Crippen LogP contribution in [0, 0.1) is 0 Å². The average Bonchev–Trinajstić information content (AvgIpc) is 2.73. The van der Waals surface area contributed by atoms with Gasteiger partial charge < -0.3 is 29.7 Å². The third kappa shape index (κ3) is 7.40. The first-order valence-corrected chi connectivity index (χ1v) is 10.1. The van der Waals surface area contributed by atoms with Crippen LogP contribution in [0.2, 0.25) is 0 Å². The lowest BCUT2D eigenvalue weighted by molar-refractivity contribution is 0.159. The Morgan fingerprint density at radius 3 is 2.48 bits per heavy atom. The van der Waals surface area contributed by atoms with E-state index in [1.54, 1.807) is 28.4 Å². The zero-order valence-electron chi connectivity index (χ0n) is 18.4. The number of piperidine rings is 1. The summed E-state index contributed by atoms with van der Waals surface area (Å²) in [5, 5.41) is 6.74. The minimum Gasteiger partial charge on any atom is -0.493 e. The maximum atomic E-state index is 5.54. The number of methoxy groups -OCH3 is 3. The summed E-state index contributed by atoms with van der Waals surface area (Å²) in [7, 11) is 6.65. The first-order valence-electron chi connectivity index (χ1n) is 10.1. The lowest BCUT2D eigenvalue weighted by Crippen LogP contribution is -2.41. The molecule has 0 saturated carbocycles. The third-order valence-electron chi connectivity index (χ3n) is 5.31. The molecule has 0 bridgehead atoms. The molecule has 1 aromatic carbocycles. The number of hydrogen-bond acceptors (Lipinski definition) is 5. The first kappa shape index (κ1) is 25.6. The molecular formula is C21H37IN4O3. The molecule has 0 aliphatic carbocycles. The average molecular weight is 520 g/mol. The van der Waals surface area contributed by atoms with E-state index >= 15 is 0 Å². The monoisotopic (exact) mass is 520 g/mol. The van der Waals surface area contributed by atoms with Crippen molar-refractivity contribution in [2.75, 3.05) is 48.0 Å². The second-order valence-electron chi connectivity index (χ2n) is 7.08. The molecule has 29 heavy (non-hydrogen) atoms. The van der Waals surface area contributed by atoms with Crippen LogP contribution in [0.5, 0.6) is 17.2 Å². The number of nitrogens with zero attached hydrogens (tertiary/aromatic N) is 2. The van der Waals surface area contributed by atoms with Crippen LogP contribution < -0.4 is 24.8 Å². The summed E-state index contributed by atoms with van der Waals surface area (Å²) in [5.74, 6) is 2.70. The predicted octanol–water partition coefficient (Wildman–Crippen LogP) is 3.26. The van der Waals surface area contributed by atoms with E-state index in [9.17, 15) is 0 Å². The van der Waals surface area contributed by atoms with Crippen molar-refractivity contribution < 1.29 is 14.2 Å². The summed E-state index contributed by atoms with van der Waals surface area (Å²) in [6.45, 7) is 6.17. The maximum absolute atomic E-state index is 5.54. The van der Waals surface area contributed by atoms with Crippen LogP contribution in [0.15, 0.2) is 17.1 Å². The van der Waals surface area contributed by atoms with Crippen molar-refractivity contribution in [1.29, 1.82) is 0 Å². The highest BCUT2D eigenvalue weighted by Gasteiger charge is 2.18. The summed E-state index contributed by atoms with van der Waals surface area (Å²) in [4.78, 5) is 6.91. The smallest absolute Gasteiger partial charge is 0.203 e. The van der Waals surface area contributed by atoms with Gasteiger partial charge in [0, 0.05) is 38.3 Å². The SMILES string of the molecule is CN=C(NCCCN1CCCCC1C)NCc1ccc(OC)c(OC)c1OC.I. The molecule has 1 fully saturated rings. The Morgan fingerprint density at radius 2 is 1.86 bits per heavy atom. The van der Waals surface area contributed by atoms with E-state index in [1.807, 2.05) is 12.1 Å². The molecule has 2 rings (SSSR count). The maximum Gasteiger partial charge on any atom is 0.203 e. The highest BCUT2D eigenvalue weighted by atomic mass is 127. The second-order valence-corrected chi connectivity index (χ2v) is 7.08. The van der Waals surface area contributed by atoms with Gasteiger partial charge in [0.25, 0.3) is 0 Å². The van der Waals surface area contributed by atoms with Gasteiger partial charge in [0.05, 0.1) is 21.3 Å². The zero-order valence-corrected chi connectivity index (χ0v) is 20.7. The van der Waals surface area contributed by atoms with Crippen LogP contribution in [-0.2, 0) is 6.54 Å². The van der Waals surface area contributed by atoms with Crippen molar-refractivity contribution in [1.82, 2.24) is 15.5 Å². The minimum absolute atomic E-state index is 0. The van der Waals surface area contributed by atoms with Crippen molar-refractivity contribution in [2.24, 2.45) is 4.99 Å². The molecule has 0 radical (unpaired) electrons. The van der Waals surface area contributed by atoms with Crippen LogP contribution in [-0.4, -0.2) is 64.9 Å². The first-order chi connectivity index (χ1) is 13.6. The Hall–Kier alpha value is -1.42. The summed E-state index contributed by atoms with van der Waals surface area (Å²) in [5.41, 5.74) is 0.977. The molecular weight excluding hydrogens is 483 g/mol. The van der Waals surface area contributed by atoms with Gasteiger partial charge in [-0.2, -0.15) is 0 Å². The summed E-state index contributed by atoms with van der Waals surface area (Å²) >= 11 is 0. The molecule has 1 aliphatic heterocycles. The minimum atomic E-state index is 0. The Labute approximate surface area is 192 Å². The number of rotatable bonds is 9. The number of likely N-dealkylation sites (tertiary alicyclic amines) is 1. The Kier molecular flexibility index (Phi) is 12.1. The number of ether oxygens (including phenoxy) is 3. The van der Waals surface area contributed by atoms with Gasteiger partial charge in [-0.15, -0.1) is 24.0 Å². The fourth-order valence-electron chi connectivity index (χ4n) is 3.68. The standard InChI is InChI=1S/C21H36N4O3.HI/c1-16-9-6-7-13-25(16)14-8-12-23-21(22-2)24-15-17-10-11-18(26-3)20(28-5)19(17)27-4;/h10-11,16H,6-9,12-15H2,1-5H3,(H2,22,23,24);1H. The van der Waals surface area contributed by atoms with E-state index in [2.05, 4.69) is 27.4 Å². The number of nitrogens with one attached hydrogen (secondary N) is 2. The van der Waals surface area contributed by atoms with Crippen molar-refractivity contribution in [3.8, 4) is 17.2 Å². The van der Waals surface area contributed by atoms with Gasteiger partial charge in [0.2, 0.25) is 5.75 Å². The molecule has 7 nitrogen and oxygen atoms in total. The predicted molar refractivity (Wildman–Crippen MR) is 129 cm³/mol. The summed E-state index contributed by atoms with van der Waals surface area (Å²) in [6.07, 6.45) is 5.12. The number of aliphatic imine (C=N–C) groups is 1. The van der Waals surface area contributed by atoms with E-state index in [1.165, 1.54) is 25.8 Å². The molecule has 8 heteroatoms. The zero-order chi connectivity index (χ0) is 20.4. The third-order valence-corrected chi connectivity index (χ3v) is 5.31. The lowest BCUT2D eigenvalue weighted by Gasteiger charge is -2.33. The summed E-state index contributed by atoms with van der Waals surface area (Å²) < 4.78 is 16.3. The van der Waals surface area contributed by atoms with Crippen molar-refractivity contribution >= 4 is 29.9 Å². The largest absolute Gasteiger partial charge is 0.493 e. The van der Waals surface area contributed by atoms with Gasteiger partial charge in [0.1, 0.15) is 0 Å². The van der Waals surface area contributed by atoms with Crippen LogP contribution in [0.25, 0.3) is 0 Å². The quantitative estimate of drug-likeness (QED) is 0.226. The Balaban J connectivity index is 0.00000420.